The zero-order valence-electron chi connectivity index (χ0n) is 10.3. The zero-order valence-corrected chi connectivity index (χ0v) is 11.2. The van der Waals surface area contributed by atoms with Crippen LogP contribution < -0.4 is 10.6 Å². The summed E-state index contributed by atoms with van der Waals surface area (Å²) in [6, 6.07) is 12.2. The Morgan fingerprint density at radius 3 is 3.00 bits per heavy atom. The highest BCUT2D eigenvalue weighted by atomic mass is 32.2. The van der Waals surface area contributed by atoms with E-state index in [9.17, 15) is 0 Å². The van der Waals surface area contributed by atoms with E-state index in [-0.39, 0.29) is 0 Å². The average molecular weight is 270 g/mol. The van der Waals surface area contributed by atoms with E-state index in [4.69, 9.17) is 0 Å². The highest BCUT2D eigenvalue weighted by Crippen LogP contribution is 2.30. The predicted octanol–water partition coefficient (Wildman–Crippen LogP) is 2.70. The average Bonchev–Trinajstić information content (AvgIpc) is 2.48. The Morgan fingerprint density at radius 2 is 2.11 bits per heavy atom. The first kappa shape index (κ1) is 12.0. The van der Waals surface area contributed by atoms with E-state index >= 15 is 0 Å². The number of hydrogen-bond acceptors (Lipinski definition) is 5. The molecule has 1 aliphatic heterocycles. The molecule has 2 N–H and O–H groups in total. The molecule has 1 aliphatic rings. The molecule has 0 fully saturated rings. The monoisotopic (exact) mass is 270 g/mol. The number of para-hydroxylation sites is 1. The SMILES string of the molecule is c1cncc(CCNC2=NSc3ccccc3N2)c1. The van der Waals surface area contributed by atoms with Crippen molar-refractivity contribution >= 4 is 23.6 Å². The van der Waals surface area contributed by atoms with Crippen molar-refractivity contribution in [1.82, 2.24) is 10.3 Å². The molecule has 0 saturated carbocycles. The van der Waals surface area contributed by atoms with Gasteiger partial charge in [-0.05, 0) is 30.2 Å². The summed E-state index contributed by atoms with van der Waals surface area (Å²) in [6.07, 6.45) is 4.61. The van der Waals surface area contributed by atoms with E-state index in [1.807, 2.05) is 24.4 Å². The lowest BCUT2D eigenvalue weighted by atomic mass is 10.2. The third-order valence-corrected chi connectivity index (χ3v) is 3.63. The van der Waals surface area contributed by atoms with Crippen LogP contribution in [0.15, 0.2) is 58.1 Å². The number of pyridine rings is 1. The number of rotatable bonds is 3. The van der Waals surface area contributed by atoms with Gasteiger partial charge in [0.1, 0.15) is 0 Å². The Bertz CT molecular complexity index is 583. The van der Waals surface area contributed by atoms with Gasteiger partial charge in [-0.2, -0.15) is 4.40 Å². The topological polar surface area (TPSA) is 49.3 Å². The summed E-state index contributed by atoms with van der Waals surface area (Å²) in [5, 5.41) is 6.59. The maximum absolute atomic E-state index is 4.40. The van der Waals surface area contributed by atoms with E-state index in [1.54, 1.807) is 6.20 Å². The van der Waals surface area contributed by atoms with Gasteiger partial charge in [0, 0.05) is 30.9 Å². The summed E-state index contributed by atoms with van der Waals surface area (Å²) in [6.45, 7) is 0.834. The smallest absolute Gasteiger partial charge is 0.207 e. The van der Waals surface area contributed by atoms with Crippen LogP contribution in [-0.4, -0.2) is 17.5 Å². The minimum absolute atomic E-state index is 0.813. The van der Waals surface area contributed by atoms with Gasteiger partial charge < -0.3 is 10.6 Å². The molecule has 5 heteroatoms. The van der Waals surface area contributed by atoms with Crippen LogP contribution in [0.2, 0.25) is 0 Å². The van der Waals surface area contributed by atoms with Crippen LogP contribution in [0.3, 0.4) is 0 Å². The molecule has 0 amide bonds. The lowest BCUT2D eigenvalue weighted by Crippen LogP contribution is -2.33. The highest BCUT2D eigenvalue weighted by molar-refractivity contribution is 7.98. The van der Waals surface area contributed by atoms with Crippen LogP contribution in [-0.2, 0) is 6.42 Å². The number of nitrogens with one attached hydrogen (secondary N) is 2. The van der Waals surface area contributed by atoms with Crippen molar-refractivity contribution in [3.05, 3.63) is 54.4 Å². The molecule has 4 nitrogen and oxygen atoms in total. The molecule has 2 heterocycles. The Hall–Kier alpha value is -2.01. The summed E-state index contributed by atoms with van der Waals surface area (Å²) in [7, 11) is 0. The van der Waals surface area contributed by atoms with Gasteiger partial charge in [-0.15, -0.1) is 0 Å². The molecule has 2 aromatic rings. The normalized spacial score (nSPS) is 13.2. The largest absolute Gasteiger partial charge is 0.355 e. The number of guanidine groups is 1. The third kappa shape index (κ3) is 3.06. The predicted molar refractivity (Wildman–Crippen MR) is 79.3 cm³/mol. The molecular weight excluding hydrogens is 256 g/mol. The maximum atomic E-state index is 4.40. The van der Waals surface area contributed by atoms with Gasteiger partial charge in [-0.25, -0.2) is 0 Å². The number of benzene rings is 1. The molecule has 3 rings (SSSR count). The van der Waals surface area contributed by atoms with Gasteiger partial charge in [0.05, 0.1) is 10.6 Å². The Morgan fingerprint density at radius 1 is 1.16 bits per heavy atom. The van der Waals surface area contributed by atoms with E-state index in [1.165, 1.54) is 17.5 Å². The molecule has 0 unspecified atom stereocenters. The first-order valence-electron chi connectivity index (χ1n) is 6.16. The van der Waals surface area contributed by atoms with E-state index < -0.39 is 0 Å². The van der Waals surface area contributed by atoms with Crippen LogP contribution in [0.4, 0.5) is 5.69 Å². The summed E-state index contributed by atoms with van der Waals surface area (Å²) in [5.41, 5.74) is 2.32. The lowest BCUT2D eigenvalue weighted by molar-refractivity contribution is 0.860. The van der Waals surface area contributed by atoms with Crippen molar-refractivity contribution in [2.45, 2.75) is 11.3 Å². The van der Waals surface area contributed by atoms with Gasteiger partial charge in [-0.3, -0.25) is 4.98 Å². The van der Waals surface area contributed by atoms with Crippen molar-refractivity contribution in [3.63, 3.8) is 0 Å². The maximum Gasteiger partial charge on any atom is 0.207 e. The quantitative estimate of drug-likeness (QED) is 0.842. The van der Waals surface area contributed by atoms with E-state index in [0.29, 0.717) is 0 Å². The fraction of sp³-hybridized carbons (Fsp3) is 0.143. The molecule has 0 saturated heterocycles. The molecule has 0 aliphatic carbocycles. The van der Waals surface area contributed by atoms with Crippen LogP contribution in [0.25, 0.3) is 0 Å². The van der Waals surface area contributed by atoms with Crippen molar-refractivity contribution in [3.8, 4) is 0 Å². The fourth-order valence-electron chi connectivity index (χ4n) is 1.84. The van der Waals surface area contributed by atoms with Crippen molar-refractivity contribution in [1.29, 1.82) is 0 Å². The standard InChI is InChI=1S/C14H14N4S/c1-2-6-13-12(5-1)17-14(18-19-13)16-9-7-11-4-3-8-15-10-11/h1-6,8,10H,7,9H2,(H2,16,17,18). The van der Waals surface area contributed by atoms with Gasteiger partial charge in [0.25, 0.3) is 0 Å². The molecule has 0 atom stereocenters. The molecule has 19 heavy (non-hydrogen) atoms. The molecule has 0 bridgehead atoms. The molecule has 96 valence electrons. The lowest BCUT2D eigenvalue weighted by Gasteiger charge is -2.18. The van der Waals surface area contributed by atoms with Gasteiger partial charge in [0.15, 0.2) is 0 Å². The molecule has 1 aromatic heterocycles. The minimum atomic E-state index is 0.813. The van der Waals surface area contributed by atoms with Crippen LogP contribution in [0.1, 0.15) is 5.56 Å². The Kier molecular flexibility index (Phi) is 3.65. The summed E-state index contributed by atoms with van der Waals surface area (Å²) in [5.74, 6) is 0.813. The summed E-state index contributed by atoms with van der Waals surface area (Å²) >= 11 is 1.49. The van der Waals surface area contributed by atoms with Crippen molar-refractivity contribution in [2.24, 2.45) is 4.40 Å². The van der Waals surface area contributed by atoms with E-state index in [0.717, 1.165) is 29.5 Å². The number of aromatic nitrogens is 1. The van der Waals surface area contributed by atoms with Crippen molar-refractivity contribution < 1.29 is 0 Å². The summed E-state index contributed by atoms with van der Waals surface area (Å²) in [4.78, 5) is 5.26. The molecule has 0 spiro atoms. The number of hydrogen-bond donors (Lipinski definition) is 2. The van der Waals surface area contributed by atoms with Crippen LogP contribution in [0.5, 0.6) is 0 Å². The number of nitrogens with zero attached hydrogens (tertiary/aromatic N) is 2. The Labute approximate surface area is 116 Å². The fourth-order valence-corrected chi connectivity index (χ4v) is 2.50. The zero-order chi connectivity index (χ0) is 12.9. The second-order valence-electron chi connectivity index (χ2n) is 4.19. The molecule has 0 radical (unpaired) electrons. The first-order valence-corrected chi connectivity index (χ1v) is 6.93. The summed E-state index contributed by atoms with van der Waals surface area (Å²) < 4.78 is 4.40. The highest BCUT2D eigenvalue weighted by Gasteiger charge is 2.10. The molecular formula is C14H14N4S. The van der Waals surface area contributed by atoms with Gasteiger partial charge in [0.2, 0.25) is 5.96 Å². The second-order valence-corrected chi connectivity index (χ2v) is 5.00. The van der Waals surface area contributed by atoms with Gasteiger partial charge in [-0.1, -0.05) is 18.2 Å². The molecule has 1 aromatic carbocycles. The van der Waals surface area contributed by atoms with Crippen LogP contribution in [0, 0.1) is 0 Å². The minimum Gasteiger partial charge on any atom is -0.355 e. The van der Waals surface area contributed by atoms with E-state index in [2.05, 4.69) is 38.2 Å². The second kappa shape index (κ2) is 5.75. The van der Waals surface area contributed by atoms with Crippen molar-refractivity contribution in [2.75, 3.05) is 11.9 Å². The third-order valence-electron chi connectivity index (χ3n) is 2.80. The first-order chi connectivity index (χ1) is 9.42. The number of anilines is 1. The van der Waals surface area contributed by atoms with Gasteiger partial charge >= 0.3 is 0 Å². The number of fused-ring (bicyclic) bond motifs is 1. The Balaban J connectivity index is 1.54. The van der Waals surface area contributed by atoms with Crippen LogP contribution >= 0.6 is 11.9 Å².